The zero-order chi connectivity index (χ0) is 20.4. The lowest BCUT2D eigenvalue weighted by molar-refractivity contribution is -0.146. The second-order valence-electron chi connectivity index (χ2n) is 8.22. The molecule has 5 heteroatoms. The maximum absolute atomic E-state index is 13.3. The Hall–Kier alpha value is -2.56. The van der Waals surface area contributed by atoms with Gasteiger partial charge in [-0.3, -0.25) is 4.79 Å². The summed E-state index contributed by atoms with van der Waals surface area (Å²) in [6.07, 6.45) is 8.57. The van der Waals surface area contributed by atoms with Crippen LogP contribution in [0.2, 0.25) is 0 Å². The molecule has 2 atom stereocenters. The number of nitrogens with one attached hydrogen (secondary N) is 1. The summed E-state index contributed by atoms with van der Waals surface area (Å²) >= 11 is 0. The maximum atomic E-state index is 13.3. The molecule has 1 heterocycles. The minimum Gasteiger partial charge on any atom is -0.497 e. The largest absolute Gasteiger partial charge is 0.497 e. The number of carbonyl (C=O) groups excluding carboxylic acids is 2. The molecule has 0 aromatic heterocycles. The molecule has 1 N–H and O–H groups in total. The van der Waals surface area contributed by atoms with Gasteiger partial charge in [-0.25, -0.2) is 4.79 Å². The summed E-state index contributed by atoms with van der Waals surface area (Å²) in [7, 11) is 1.63. The molecule has 29 heavy (non-hydrogen) atoms. The van der Waals surface area contributed by atoms with E-state index in [-0.39, 0.29) is 29.7 Å². The molecule has 1 aromatic carbocycles. The van der Waals surface area contributed by atoms with Crippen molar-refractivity contribution in [3.05, 3.63) is 52.9 Å². The fourth-order valence-corrected chi connectivity index (χ4v) is 4.85. The van der Waals surface area contributed by atoms with Crippen LogP contribution < -0.4 is 10.1 Å². The van der Waals surface area contributed by atoms with Crippen molar-refractivity contribution in [3.63, 3.8) is 0 Å². The third-order valence-corrected chi connectivity index (χ3v) is 6.34. The number of hydrogen-bond acceptors (Lipinski definition) is 5. The highest BCUT2D eigenvalue weighted by molar-refractivity contribution is 5.96. The second-order valence-corrected chi connectivity index (χ2v) is 8.22. The Kier molecular flexibility index (Phi) is 5.74. The molecule has 0 saturated heterocycles. The Balaban J connectivity index is 1.72. The second kappa shape index (κ2) is 8.44. The van der Waals surface area contributed by atoms with Gasteiger partial charge in [-0.15, -0.1) is 0 Å². The number of fused-ring (bicyclic) bond motifs is 1. The van der Waals surface area contributed by atoms with Crippen molar-refractivity contribution in [1.29, 1.82) is 0 Å². The van der Waals surface area contributed by atoms with Crippen molar-refractivity contribution in [2.24, 2.45) is 5.92 Å². The van der Waals surface area contributed by atoms with Gasteiger partial charge in [0.05, 0.1) is 18.6 Å². The molecule has 1 aromatic rings. The summed E-state index contributed by atoms with van der Waals surface area (Å²) in [5, 5.41) is 3.33. The number of ketones is 1. The third-order valence-electron chi connectivity index (χ3n) is 6.34. The number of methoxy groups -OCH3 is 1. The number of carbonyl (C=O) groups is 2. The molecule has 1 saturated carbocycles. The van der Waals surface area contributed by atoms with Gasteiger partial charge in [0, 0.05) is 23.7 Å². The van der Waals surface area contributed by atoms with Crippen molar-refractivity contribution in [1.82, 2.24) is 5.32 Å². The number of esters is 1. The molecule has 0 radical (unpaired) electrons. The molecule has 154 valence electrons. The minimum absolute atomic E-state index is 0.0212. The lowest BCUT2D eigenvalue weighted by Gasteiger charge is -2.38. The highest BCUT2D eigenvalue weighted by Crippen LogP contribution is 2.44. The average Bonchev–Trinajstić information content (AvgIpc) is 2.73. The molecule has 0 bridgehead atoms. The predicted molar refractivity (Wildman–Crippen MR) is 110 cm³/mol. The SMILES string of the molecule is COc1ccc(C2C(C(=O)OC3CCCCC3)=C(C)NC3=CCCC(=O)C32)cc1. The number of ether oxygens (including phenoxy) is 2. The minimum atomic E-state index is -0.366. The van der Waals surface area contributed by atoms with Gasteiger partial charge < -0.3 is 14.8 Å². The fourth-order valence-electron chi connectivity index (χ4n) is 4.85. The zero-order valence-electron chi connectivity index (χ0n) is 17.2. The molecule has 4 rings (SSSR count). The normalized spacial score (nSPS) is 25.0. The number of hydrogen-bond donors (Lipinski definition) is 1. The quantitative estimate of drug-likeness (QED) is 0.766. The topological polar surface area (TPSA) is 64.6 Å². The van der Waals surface area contributed by atoms with Crippen LogP contribution in [-0.2, 0) is 14.3 Å². The predicted octanol–water partition coefficient (Wildman–Crippen LogP) is 4.39. The van der Waals surface area contributed by atoms with Gasteiger partial charge in [0.15, 0.2) is 0 Å². The zero-order valence-corrected chi connectivity index (χ0v) is 17.2. The maximum Gasteiger partial charge on any atom is 0.336 e. The van der Waals surface area contributed by atoms with Crippen molar-refractivity contribution in [3.8, 4) is 5.75 Å². The molecule has 2 unspecified atom stereocenters. The van der Waals surface area contributed by atoms with Crippen molar-refractivity contribution >= 4 is 11.8 Å². The monoisotopic (exact) mass is 395 g/mol. The first-order valence-corrected chi connectivity index (χ1v) is 10.6. The number of benzene rings is 1. The molecule has 1 aliphatic heterocycles. The van der Waals surface area contributed by atoms with E-state index in [1.807, 2.05) is 31.2 Å². The molecule has 0 amide bonds. The Bertz CT molecular complexity index is 846. The first-order chi connectivity index (χ1) is 14.1. The molecule has 2 aliphatic carbocycles. The van der Waals surface area contributed by atoms with E-state index in [4.69, 9.17) is 9.47 Å². The molecule has 5 nitrogen and oxygen atoms in total. The van der Waals surface area contributed by atoms with Crippen molar-refractivity contribution in [2.45, 2.75) is 63.9 Å². The van der Waals surface area contributed by atoms with E-state index in [0.717, 1.165) is 54.8 Å². The smallest absolute Gasteiger partial charge is 0.336 e. The van der Waals surface area contributed by atoms with Crippen LogP contribution in [0.3, 0.4) is 0 Å². The Labute approximate surface area is 172 Å². The van der Waals surface area contributed by atoms with Gasteiger partial charge in [-0.1, -0.05) is 24.6 Å². The van der Waals surface area contributed by atoms with Gasteiger partial charge in [-0.2, -0.15) is 0 Å². The summed E-state index contributed by atoms with van der Waals surface area (Å²) in [5.41, 5.74) is 3.21. The first-order valence-electron chi connectivity index (χ1n) is 10.6. The fraction of sp³-hybridized carbons (Fsp3) is 0.500. The first kappa shape index (κ1) is 19.7. The van der Waals surface area contributed by atoms with Crippen LogP contribution in [0.4, 0.5) is 0 Å². The van der Waals surface area contributed by atoms with Crippen LogP contribution in [0.5, 0.6) is 5.75 Å². The van der Waals surface area contributed by atoms with Crippen molar-refractivity contribution in [2.75, 3.05) is 7.11 Å². The van der Waals surface area contributed by atoms with E-state index in [9.17, 15) is 9.59 Å². The van der Waals surface area contributed by atoms with E-state index in [1.54, 1.807) is 7.11 Å². The lowest BCUT2D eigenvalue weighted by atomic mass is 9.71. The summed E-state index contributed by atoms with van der Waals surface area (Å²) in [5.74, 6) is -0.0704. The van der Waals surface area contributed by atoms with E-state index in [2.05, 4.69) is 11.4 Å². The van der Waals surface area contributed by atoms with Crippen LogP contribution in [0.1, 0.15) is 63.4 Å². The third kappa shape index (κ3) is 3.96. The van der Waals surface area contributed by atoms with Gasteiger partial charge in [-0.05, 0) is 56.7 Å². The van der Waals surface area contributed by atoms with Crippen molar-refractivity contribution < 1.29 is 19.1 Å². The highest BCUT2D eigenvalue weighted by Gasteiger charge is 2.43. The highest BCUT2D eigenvalue weighted by atomic mass is 16.5. The molecular formula is C24H29NO4. The number of allylic oxidation sites excluding steroid dienone is 3. The van der Waals surface area contributed by atoms with Gasteiger partial charge >= 0.3 is 5.97 Å². The number of Topliss-reactive ketones (excluding diaryl/α,β-unsaturated/α-hetero) is 1. The van der Waals surface area contributed by atoms with Crippen LogP contribution in [0, 0.1) is 5.92 Å². The van der Waals surface area contributed by atoms with Crippen LogP contribution in [-0.4, -0.2) is 25.0 Å². The van der Waals surface area contributed by atoms with E-state index < -0.39 is 0 Å². The summed E-state index contributed by atoms with van der Waals surface area (Å²) < 4.78 is 11.2. The summed E-state index contributed by atoms with van der Waals surface area (Å²) in [6.45, 7) is 1.91. The van der Waals surface area contributed by atoms with E-state index in [1.165, 1.54) is 6.42 Å². The summed E-state index contributed by atoms with van der Waals surface area (Å²) in [4.78, 5) is 26.2. The molecule has 0 spiro atoms. The van der Waals surface area contributed by atoms with Gasteiger partial charge in [0.25, 0.3) is 0 Å². The molecular weight excluding hydrogens is 366 g/mol. The Morgan fingerprint density at radius 3 is 2.48 bits per heavy atom. The average molecular weight is 395 g/mol. The lowest BCUT2D eigenvalue weighted by Crippen LogP contribution is -2.41. The standard InChI is InChI=1S/C24H29NO4/c1-15-21(24(27)29-18-7-4-3-5-8-18)22(16-11-13-17(28-2)14-12-16)23-19(25-15)9-6-10-20(23)26/h9,11-14,18,22-23,25H,3-8,10H2,1-2H3. The van der Waals surface area contributed by atoms with Crippen LogP contribution >= 0.6 is 0 Å². The van der Waals surface area contributed by atoms with Crippen LogP contribution in [0.25, 0.3) is 0 Å². The van der Waals surface area contributed by atoms with E-state index >= 15 is 0 Å². The van der Waals surface area contributed by atoms with Gasteiger partial charge in [0.1, 0.15) is 17.6 Å². The Morgan fingerprint density at radius 1 is 1.07 bits per heavy atom. The summed E-state index contributed by atoms with van der Waals surface area (Å²) in [6, 6.07) is 7.67. The molecule has 1 fully saturated rings. The van der Waals surface area contributed by atoms with Crippen LogP contribution in [0.15, 0.2) is 47.3 Å². The molecule has 3 aliphatic rings. The Morgan fingerprint density at radius 2 is 1.79 bits per heavy atom. The number of rotatable bonds is 4. The van der Waals surface area contributed by atoms with E-state index in [0.29, 0.717) is 12.0 Å². The van der Waals surface area contributed by atoms with Gasteiger partial charge in [0.2, 0.25) is 0 Å².